The molecule has 0 amide bonds. The Bertz CT molecular complexity index is 157. The third kappa shape index (κ3) is 6.40. The van der Waals surface area contributed by atoms with Gasteiger partial charge >= 0.3 is 0 Å². The van der Waals surface area contributed by atoms with Crippen LogP contribution in [-0.2, 0) is 4.74 Å². The summed E-state index contributed by atoms with van der Waals surface area (Å²) in [6.45, 7) is 6.74. The van der Waals surface area contributed by atoms with Gasteiger partial charge in [-0.05, 0) is 20.3 Å². The Morgan fingerprint density at radius 1 is 1.54 bits per heavy atom. The summed E-state index contributed by atoms with van der Waals surface area (Å²) in [6, 6.07) is 0.486. The maximum Gasteiger partial charge on any atom is 0.189 e. The molecule has 0 saturated carbocycles. The molecule has 0 aromatic heterocycles. The molecule has 0 aliphatic carbocycles. The van der Waals surface area contributed by atoms with Gasteiger partial charge in [-0.15, -0.1) is 0 Å². The van der Waals surface area contributed by atoms with E-state index < -0.39 is 0 Å². The van der Waals surface area contributed by atoms with Crippen LogP contribution in [0.15, 0.2) is 4.99 Å². The molecule has 0 aliphatic heterocycles. The van der Waals surface area contributed by atoms with E-state index in [-0.39, 0.29) is 6.04 Å². The second-order valence-corrected chi connectivity index (χ2v) is 3.33. The molecule has 0 spiro atoms. The van der Waals surface area contributed by atoms with E-state index in [9.17, 15) is 0 Å². The van der Waals surface area contributed by atoms with Crippen molar-refractivity contribution in [1.82, 2.24) is 5.32 Å². The largest absolute Gasteiger partial charge is 0.382 e. The van der Waals surface area contributed by atoms with Crippen molar-refractivity contribution in [3.8, 4) is 0 Å². The Morgan fingerprint density at radius 3 is 2.54 bits per heavy atom. The number of aliphatic imine (C=N–C) groups is 1. The van der Waals surface area contributed by atoms with Crippen molar-refractivity contribution >= 4 is 5.96 Å². The lowest BCUT2D eigenvalue weighted by atomic mass is 10.2. The third-order valence-corrected chi connectivity index (χ3v) is 1.59. The first kappa shape index (κ1) is 12.2. The number of nitrogens with zero attached hydrogens (tertiary/aromatic N) is 1. The SMILES string of the molecule is CCC(COC)N=C(N)NC(C)C. The molecule has 0 saturated heterocycles. The quantitative estimate of drug-likeness (QED) is 0.492. The summed E-state index contributed by atoms with van der Waals surface area (Å²) in [4.78, 5) is 4.28. The van der Waals surface area contributed by atoms with Gasteiger partial charge in [0.15, 0.2) is 5.96 Å². The molecule has 0 heterocycles. The number of nitrogens with two attached hydrogens (primary N) is 1. The predicted molar refractivity (Wildman–Crippen MR) is 55.8 cm³/mol. The van der Waals surface area contributed by atoms with Crippen LogP contribution in [0.1, 0.15) is 27.2 Å². The molecule has 1 atom stereocenters. The number of hydrogen-bond acceptors (Lipinski definition) is 2. The highest BCUT2D eigenvalue weighted by atomic mass is 16.5. The smallest absolute Gasteiger partial charge is 0.189 e. The van der Waals surface area contributed by atoms with Gasteiger partial charge in [-0.1, -0.05) is 6.92 Å². The van der Waals surface area contributed by atoms with Gasteiger partial charge in [0, 0.05) is 13.2 Å². The lowest BCUT2D eigenvalue weighted by molar-refractivity contribution is 0.179. The molecular formula is C9H21N3O. The Hall–Kier alpha value is -0.770. The van der Waals surface area contributed by atoms with Crippen LogP contribution in [0.3, 0.4) is 0 Å². The summed E-state index contributed by atoms with van der Waals surface area (Å²) >= 11 is 0. The average Bonchev–Trinajstić information content (AvgIpc) is 2.02. The minimum absolute atomic E-state index is 0.163. The van der Waals surface area contributed by atoms with E-state index in [1.54, 1.807) is 7.11 Å². The van der Waals surface area contributed by atoms with E-state index in [0.29, 0.717) is 18.6 Å². The lowest BCUT2D eigenvalue weighted by Crippen LogP contribution is -2.38. The average molecular weight is 187 g/mol. The zero-order chi connectivity index (χ0) is 10.3. The number of hydrogen-bond donors (Lipinski definition) is 2. The van der Waals surface area contributed by atoms with E-state index in [1.807, 2.05) is 13.8 Å². The van der Waals surface area contributed by atoms with E-state index in [1.165, 1.54) is 0 Å². The van der Waals surface area contributed by atoms with Crippen molar-refractivity contribution in [2.24, 2.45) is 10.7 Å². The highest BCUT2D eigenvalue weighted by Crippen LogP contribution is 1.96. The molecule has 78 valence electrons. The zero-order valence-electron chi connectivity index (χ0n) is 9.00. The van der Waals surface area contributed by atoms with Crippen LogP contribution < -0.4 is 11.1 Å². The first-order valence-electron chi connectivity index (χ1n) is 4.68. The molecule has 0 bridgehead atoms. The van der Waals surface area contributed by atoms with E-state index >= 15 is 0 Å². The molecule has 3 N–H and O–H groups in total. The number of methoxy groups -OCH3 is 1. The molecule has 0 fully saturated rings. The molecular weight excluding hydrogens is 166 g/mol. The van der Waals surface area contributed by atoms with Crippen LogP contribution in [-0.4, -0.2) is 31.8 Å². The standard InChI is InChI=1S/C9H21N3O/c1-5-8(6-13-4)12-9(10)11-7(2)3/h7-8H,5-6H2,1-4H3,(H3,10,11,12). The molecule has 1 unspecified atom stereocenters. The van der Waals surface area contributed by atoms with Gasteiger partial charge in [-0.2, -0.15) is 0 Å². The van der Waals surface area contributed by atoms with E-state index in [2.05, 4.69) is 17.2 Å². The Kier molecular flexibility index (Phi) is 6.32. The number of guanidine groups is 1. The fourth-order valence-electron chi connectivity index (χ4n) is 0.969. The monoisotopic (exact) mass is 187 g/mol. The maximum atomic E-state index is 5.66. The molecule has 0 radical (unpaired) electrons. The van der Waals surface area contributed by atoms with Gasteiger partial charge in [0.2, 0.25) is 0 Å². The van der Waals surface area contributed by atoms with Crippen molar-refractivity contribution in [2.75, 3.05) is 13.7 Å². The topological polar surface area (TPSA) is 59.6 Å². The number of nitrogens with one attached hydrogen (secondary N) is 1. The molecule has 4 nitrogen and oxygen atoms in total. The summed E-state index contributed by atoms with van der Waals surface area (Å²) in [6.07, 6.45) is 0.939. The summed E-state index contributed by atoms with van der Waals surface area (Å²) in [5, 5.41) is 3.04. The fraction of sp³-hybridized carbons (Fsp3) is 0.889. The highest BCUT2D eigenvalue weighted by Gasteiger charge is 2.04. The normalized spacial score (nSPS) is 14.7. The van der Waals surface area contributed by atoms with Crippen LogP contribution >= 0.6 is 0 Å². The van der Waals surface area contributed by atoms with Gasteiger partial charge in [0.05, 0.1) is 12.6 Å². The Balaban J connectivity index is 3.99. The Labute approximate surface area is 80.6 Å². The third-order valence-electron chi connectivity index (χ3n) is 1.59. The second-order valence-electron chi connectivity index (χ2n) is 3.33. The molecule has 4 heteroatoms. The van der Waals surface area contributed by atoms with Gasteiger partial charge in [-0.3, -0.25) is 0 Å². The predicted octanol–water partition coefficient (Wildman–Crippen LogP) is 0.724. The fourth-order valence-corrected chi connectivity index (χ4v) is 0.969. The first-order valence-corrected chi connectivity index (χ1v) is 4.68. The maximum absolute atomic E-state index is 5.66. The van der Waals surface area contributed by atoms with Crippen molar-refractivity contribution in [2.45, 2.75) is 39.3 Å². The summed E-state index contributed by atoms with van der Waals surface area (Å²) in [5.41, 5.74) is 5.66. The van der Waals surface area contributed by atoms with Crippen LogP contribution in [0, 0.1) is 0 Å². The Morgan fingerprint density at radius 2 is 2.15 bits per heavy atom. The molecule has 0 aliphatic rings. The van der Waals surface area contributed by atoms with Crippen molar-refractivity contribution < 1.29 is 4.74 Å². The van der Waals surface area contributed by atoms with Crippen molar-refractivity contribution in [3.63, 3.8) is 0 Å². The van der Waals surface area contributed by atoms with Crippen LogP contribution in [0.25, 0.3) is 0 Å². The van der Waals surface area contributed by atoms with Crippen LogP contribution in [0.5, 0.6) is 0 Å². The summed E-state index contributed by atoms with van der Waals surface area (Å²) < 4.78 is 5.01. The molecule has 0 aromatic carbocycles. The van der Waals surface area contributed by atoms with E-state index in [4.69, 9.17) is 10.5 Å². The van der Waals surface area contributed by atoms with E-state index in [0.717, 1.165) is 6.42 Å². The minimum atomic E-state index is 0.163. The second kappa shape index (κ2) is 6.71. The van der Waals surface area contributed by atoms with Crippen molar-refractivity contribution in [3.05, 3.63) is 0 Å². The lowest BCUT2D eigenvalue weighted by Gasteiger charge is -2.13. The molecule has 0 rings (SSSR count). The van der Waals surface area contributed by atoms with Gasteiger partial charge in [-0.25, -0.2) is 4.99 Å². The van der Waals surface area contributed by atoms with Crippen molar-refractivity contribution in [1.29, 1.82) is 0 Å². The molecule has 13 heavy (non-hydrogen) atoms. The minimum Gasteiger partial charge on any atom is -0.382 e. The highest BCUT2D eigenvalue weighted by molar-refractivity contribution is 5.78. The number of rotatable bonds is 5. The van der Waals surface area contributed by atoms with Gasteiger partial charge in [0.1, 0.15) is 0 Å². The summed E-state index contributed by atoms with van der Waals surface area (Å²) in [5.74, 6) is 0.499. The first-order chi connectivity index (χ1) is 6.10. The number of ether oxygens (including phenoxy) is 1. The zero-order valence-corrected chi connectivity index (χ0v) is 9.00. The summed E-state index contributed by atoms with van der Waals surface area (Å²) in [7, 11) is 1.67. The molecule has 0 aromatic rings. The van der Waals surface area contributed by atoms with Gasteiger partial charge in [0.25, 0.3) is 0 Å². The van der Waals surface area contributed by atoms with Crippen LogP contribution in [0.4, 0.5) is 0 Å². The van der Waals surface area contributed by atoms with Crippen LogP contribution in [0.2, 0.25) is 0 Å². The van der Waals surface area contributed by atoms with Gasteiger partial charge < -0.3 is 15.8 Å².